The summed E-state index contributed by atoms with van der Waals surface area (Å²) in [7, 11) is 1.80. The van der Waals surface area contributed by atoms with E-state index in [2.05, 4.69) is 15.2 Å². The molecule has 4 nitrogen and oxygen atoms in total. The van der Waals surface area contributed by atoms with Crippen molar-refractivity contribution in [1.29, 1.82) is 0 Å². The minimum atomic E-state index is -0.161. The molecular weight excluding hydrogens is 408 g/mol. The van der Waals surface area contributed by atoms with Gasteiger partial charge in [-0.15, -0.1) is 24.0 Å². The number of nitrogens with one attached hydrogen (secondary N) is 1. The Labute approximate surface area is 155 Å². The largest absolute Gasteiger partial charge is 0.378 e. The molecule has 0 aromatic heterocycles. The molecule has 0 atom stereocenters. The van der Waals surface area contributed by atoms with Gasteiger partial charge in [-0.2, -0.15) is 0 Å². The number of benzene rings is 1. The second-order valence-electron chi connectivity index (χ2n) is 5.63. The van der Waals surface area contributed by atoms with Crippen molar-refractivity contribution >= 4 is 29.9 Å². The van der Waals surface area contributed by atoms with E-state index in [0.29, 0.717) is 18.2 Å². The predicted molar refractivity (Wildman–Crippen MR) is 103 cm³/mol. The fraction of sp³-hybridized carbons (Fsp3) is 0.588. The average Bonchev–Trinajstić information content (AvgIpc) is 2.53. The summed E-state index contributed by atoms with van der Waals surface area (Å²) in [5.74, 6) is 0.739. The average molecular weight is 435 g/mol. The van der Waals surface area contributed by atoms with Gasteiger partial charge in [0.05, 0.1) is 6.10 Å². The van der Waals surface area contributed by atoms with Crippen LogP contribution in [0.25, 0.3) is 0 Å². The van der Waals surface area contributed by atoms with Gasteiger partial charge in [0.2, 0.25) is 0 Å². The Morgan fingerprint density at radius 3 is 2.65 bits per heavy atom. The number of aryl methyl sites for hydroxylation is 1. The minimum absolute atomic E-state index is 0. The van der Waals surface area contributed by atoms with Crippen molar-refractivity contribution in [3.8, 4) is 0 Å². The lowest BCUT2D eigenvalue weighted by atomic mass is 10.1. The number of rotatable bonds is 4. The zero-order valence-corrected chi connectivity index (χ0v) is 16.5. The molecule has 23 heavy (non-hydrogen) atoms. The van der Waals surface area contributed by atoms with Crippen LogP contribution in [-0.4, -0.2) is 43.7 Å². The first-order chi connectivity index (χ1) is 10.6. The lowest BCUT2D eigenvalue weighted by Crippen LogP contribution is -2.46. The SMILES string of the molecule is CCOC1CCN(C(=NC)NCc2ccc(F)c(C)c2)CC1.I. The van der Waals surface area contributed by atoms with Crippen molar-refractivity contribution in [3.05, 3.63) is 35.1 Å². The van der Waals surface area contributed by atoms with Crippen molar-refractivity contribution < 1.29 is 9.13 Å². The van der Waals surface area contributed by atoms with Gasteiger partial charge in [-0.25, -0.2) is 4.39 Å². The van der Waals surface area contributed by atoms with Crippen LogP contribution in [0.4, 0.5) is 4.39 Å². The third-order valence-corrected chi connectivity index (χ3v) is 4.03. The molecule has 1 N–H and O–H groups in total. The Morgan fingerprint density at radius 1 is 1.39 bits per heavy atom. The number of halogens is 2. The smallest absolute Gasteiger partial charge is 0.193 e. The van der Waals surface area contributed by atoms with Gasteiger partial charge in [0, 0.05) is 33.3 Å². The van der Waals surface area contributed by atoms with Crippen LogP contribution >= 0.6 is 24.0 Å². The van der Waals surface area contributed by atoms with Gasteiger partial charge < -0.3 is 15.0 Å². The maximum absolute atomic E-state index is 13.3. The molecule has 0 spiro atoms. The zero-order chi connectivity index (χ0) is 15.9. The van der Waals surface area contributed by atoms with E-state index in [1.54, 1.807) is 14.0 Å². The maximum atomic E-state index is 13.3. The zero-order valence-electron chi connectivity index (χ0n) is 14.1. The molecule has 130 valence electrons. The molecule has 0 unspecified atom stereocenters. The number of piperidine rings is 1. The quantitative estimate of drug-likeness (QED) is 0.448. The Kier molecular flexibility index (Phi) is 8.83. The van der Waals surface area contributed by atoms with Crippen LogP contribution in [0.1, 0.15) is 30.9 Å². The first kappa shape index (κ1) is 20.2. The lowest BCUT2D eigenvalue weighted by Gasteiger charge is -2.34. The van der Waals surface area contributed by atoms with Crippen LogP contribution in [0.3, 0.4) is 0 Å². The normalized spacial score (nSPS) is 16.2. The van der Waals surface area contributed by atoms with E-state index >= 15 is 0 Å². The second-order valence-corrected chi connectivity index (χ2v) is 5.63. The summed E-state index contributed by atoms with van der Waals surface area (Å²) in [5, 5.41) is 3.36. The topological polar surface area (TPSA) is 36.9 Å². The van der Waals surface area contributed by atoms with Crippen molar-refractivity contribution in [2.45, 2.75) is 39.3 Å². The monoisotopic (exact) mass is 435 g/mol. The van der Waals surface area contributed by atoms with Gasteiger partial charge in [-0.05, 0) is 43.9 Å². The highest BCUT2D eigenvalue weighted by molar-refractivity contribution is 14.0. The van der Waals surface area contributed by atoms with Crippen LogP contribution in [0.5, 0.6) is 0 Å². The van der Waals surface area contributed by atoms with Crippen LogP contribution < -0.4 is 5.32 Å². The summed E-state index contributed by atoms with van der Waals surface area (Å²) in [4.78, 5) is 6.61. The molecule has 1 aromatic carbocycles. The van der Waals surface area contributed by atoms with Gasteiger partial charge in [-0.1, -0.05) is 12.1 Å². The van der Waals surface area contributed by atoms with Gasteiger partial charge in [0.15, 0.2) is 5.96 Å². The molecule has 1 aromatic rings. The van der Waals surface area contributed by atoms with E-state index in [1.165, 1.54) is 6.07 Å². The van der Waals surface area contributed by atoms with E-state index in [4.69, 9.17) is 4.74 Å². The van der Waals surface area contributed by atoms with E-state index in [-0.39, 0.29) is 29.8 Å². The van der Waals surface area contributed by atoms with Crippen molar-refractivity contribution in [2.24, 2.45) is 4.99 Å². The third kappa shape index (κ3) is 5.91. The van der Waals surface area contributed by atoms with Crippen molar-refractivity contribution in [3.63, 3.8) is 0 Å². The molecule has 1 aliphatic heterocycles. The fourth-order valence-corrected chi connectivity index (χ4v) is 2.80. The molecule has 1 fully saturated rings. The number of ether oxygens (including phenoxy) is 1. The molecular formula is C17H27FIN3O. The van der Waals surface area contributed by atoms with Gasteiger partial charge >= 0.3 is 0 Å². The Bertz CT molecular complexity index is 517. The fourth-order valence-electron chi connectivity index (χ4n) is 2.80. The number of guanidine groups is 1. The standard InChI is InChI=1S/C17H26FN3O.HI/c1-4-22-15-7-9-21(10-8-15)17(19-3)20-12-14-5-6-16(18)13(2)11-14;/h5-6,11,15H,4,7-10,12H2,1-3H3,(H,19,20);1H. The van der Waals surface area contributed by atoms with E-state index < -0.39 is 0 Å². The molecule has 0 bridgehead atoms. The molecule has 6 heteroatoms. The van der Waals surface area contributed by atoms with Gasteiger partial charge in [0.1, 0.15) is 5.82 Å². The molecule has 2 rings (SSSR count). The summed E-state index contributed by atoms with van der Waals surface area (Å²) in [6, 6.07) is 5.20. The predicted octanol–water partition coefficient (Wildman–Crippen LogP) is 3.33. The highest BCUT2D eigenvalue weighted by atomic mass is 127. The second kappa shape index (κ2) is 10.1. The summed E-state index contributed by atoms with van der Waals surface area (Å²) in [6.07, 6.45) is 2.44. The highest BCUT2D eigenvalue weighted by Gasteiger charge is 2.21. The van der Waals surface area contributed by atoms with Crippen molar-refractivity contribution in [2.75, 3.05) is 26.7 Å². The minimum Gasteiger partial charge on any atom is -0.378 e. The van der Waals surface area contributed by atoms with Gasteiger partial charge in [-0.3, -0.25) is 4.99 Å². The first-order valence-corrected chi connectivity index (χ1v) is 7.96. The Morgan fingerprint density at radius 2 is 2.09 bits per heavy atom. The number of likely N-dealkylation sites (tertiary alicyclic amines) is 1. The maximum Gasteiger partial charge on any atom is 0.193 e. The Hall–Kier alpha value is -0.890. The summed E-state index contributed by atoms with van der Waals surface area (Å²) in [6.45, 7) is 7.16. The van der Waals surface area contributed by atoms with E-state index in [1.807, 2.05) is 19.1 Å². The number of hydrogen-bond acceptors (Lipinski definition) is 2. The van der Waals surface area contributed by atoms with Crippen LogP contribution in [-0.2, 0) is 11.3 Å². The van der Waals surface area contributed by atoms with E-state index in [0.717, 1.165) is 44.1 Å². The Balaban J connectivity index is 0.00000264. The molecule has 1 saturated heterocycles. The number of nitrogens with zero attached hydrogens (tertiary/aromatic N) is 2. The van der Waals surface area contributed by atoms with Crippen LogP contribution in [0.2, 0.25) is 0 Å². The summed E-state index contributed by atoms with van der Waals surface area (Å²) >= 11 is 0. The summed E-state index contributed by atoms with van der Waals surface area (Å²) in [5.41, 5.74) is 1.73. The number of hydrogen-bond donors (Lipinski definition) is 1. The molecule has 1 heterocycles. The molecule has 0 amide bonds. The van der Waals surface area contributed by atoms with Gasteiger partial charge in [0.25, 0.3) is 0 Å². The highest BCUT2D eigenvalue weighted by Crippen LogP contribution is 2.14. The van der Waals surface area contributed by atoms with Crippen LogP contribution in [0.15, 0.2) is 23.2 Å². The molecule has 0 radical (unpaired) electrons. The first-order valence-electron chi connectivity index (χ1n) is 7.96. The third-order valence-electron chi connectivity index (χ3n) is 4.03. The van der Waals surface area contributed by atoms with Crippen LogP contribution in [0, 0.1) is 12.7 Å². The number of aliphatic imine (C=N–C) groups is 1. The molecule has 1 aliphatic rings. The van der Waals surface area contributed by atoms with E-state index in [9.17, 15) is 4.39 Å². The van der Waals surface area contributed by atoms with Crippen molar-refractivity contribution in [1.82, 2.24) is 10.2 Å². The molecule has 0 saturated carbocycles. The summed E-state index contributed by atoms with van der Waals surface area (Å²) < 4.78 is 19.0. The lowest BCUT2D eigenvalue weighted by molar-refractivity contribution is 0.0263. The molecule has 0 aliphatic carbocycles.